The molecule has 1 saturated carbocycles. The molecule has 4 rings (SSSR count). The van der Waals surface area contributed by atoms with Crippen LogP contribution in [0.2, 0.25) is 0 Å². The second kappa shape index (κ2) is 3.99. The lowest BCUT2D eigenvalue weighted by Crippen LogP contribution is -2.24. The largest absolute Gasteiger partial charge is 0.276 e. The molecule has 2 aromatic heterocycles. The van der Waals surface area contributed by atoms with E-state index in [9.17, 15) is 9.18 Å². The van der Waals surface area contributed by atoms with Crippen LogP contribution in [0, 0.1) is 16.5 Å². The highest BCUT2D eigenvalue weighted by atomic mass is 32.1. The summed E-state index contributed by atoms with van der Waals surface area (Å²) in [5, 5.41) is 7.07. The van der Waals surface area contributed by atoms with Crippen LogP contribution in [0.3, 0.4) is 0 Å². The molecule has 1 aliphatic carbocycles. The zero-order chi connectivity index (χ0) is 13.9. The van der Waals surface area contributed by atoms with Gasteiger partial charge in [0.2, 0.25) is 10.5 Å². The third kappa shape index (κ3) is 1.56. The Balaban J connectivity index is 2.24. The van der Waals surface area contributed by atoms with Crippen LogP contribution in [-0.4, -0.2) is 19.2 Å². The fraction of sp³-hybridized carbons (Fsp3) is 0.308. The highest BCUT2D eigenvalue weighted by molar-refractivity contribution is 7.71. The van der Waals surface area contributed by atoms with Crippen molar-refractivity contribution < 1.29 is 4.39 Å². The van der Waals surface area contributed by atoms with Gasteiger partial charge in [-0.2, -0.15) is 0 Å². The molecule has 1 N–H and O–H groups in total. The standard InChI is InChI=1S/C13H11FN4OS/c14-9-3-1-2-8-10(9)18-12(15-16-13(18)20)17(11(8)19)6-7-4-5-7/h1-3,7H,4-6H2,(H,16,20). The highest BCUT2D eigenvalue weighted by Gasteiger charge is 2.25. The molecule has 0 amide bonds. The monoisotopic (exact) mass is 290 g/mol. The van der Waals surface area contributed by atoms with Crippen LogP contribution >= 0.6 is 12.2 Å². The number of halogens is 1. The molecule has 3 aromatic rings. The Morgan fingerprint density at radius 1 is 1.45 bits per heavy atom. The molecule has 0 atom stereocenters. The fourth-order valence-electron chi connectivity index (χ4n) is 2.55. The van der Waals surface area contributed by atoms with Gasteiger partial charge in [0.15, 0.2) is 0 Å². The minimum absolute atomic E-state index is 0.193. The molecule has 0 radical (unpaired) electrons. The Kier molecular flexibility index (Phi) is 2.35. The number of H-pyrrole nitrogens is 1. The molecular weight excluding hydrogens is 279 g/mol. The van der Waals surface area contributed by atoms with Gasteiger partial charge in [0.25, 0.3) is 5.56 Å². The second-order valence-corrected chi connectivity index (χ2v) is 5.55. The Labute approximate surface area is 117 Å². The minimum Gasteiger partial charge on any atom is -0.276 e. The highest BCUT2D eigenvalue weighted by Crippen LogP contribution is 2.30. The van der Waals surface area contributed by atoms with Gasteiger partial charge in [0.05, 0.1) is 10.9 Å². The molecule has 2 heterocycles. The van der Waals surface area contributed by atoms with Crippen LogP contribution in [0.15, 0.2) is 23.0 Å². The second-order valence-electron chi connectivity index (χ2n) is 5.16. The van der Waals surface area contributed by atoms with E-state index in [4.69, 9.17) is 12.2 Å². The van der Waals surface area contributed by atoms with Gasteiger partial charge >= 0.3 is 0 Å². The van der Waals surface area contributed by atoms with E-state index in [1.165, 1.54) is 16.5 Å². The summed E-state index contributed by atoms with van der Waals surface area (Å²) in [4.78, 5) is 12.6. The fourth-order valence-corrected chi connectivity index (χ4v) is 2.76. The van der Waals surface area contributed by atoms with E-state index in [1.807, 2.05) is 0 Å². The summed E-state index contributed by atoms with van der Waals surface area (Å²) in [5.74, 6) is 0.415. The quantitative estimate of drug-likeness (QED) is 0.737. The number of para-hydroxylation sites is 1. The average molecular weight is 290 g/mol. The van der Waals surface area contributed by atoms with Gasteiger partial charge in [-0.25, -0.2) is 9.49 Å². The summed E-state index contributed by atoms with van der Waals surface area (Å²) in [7, 11) is 0. The maximum atomic E-state index is 14.1. The maximum absolute atomic E-state index is 14.1. The molecule has 102 valence electrons. The van der Waals surface area contributed by atoms with Crippen molar-refractivity contribution in [1.82, 2.24) is 19.2 Å². The zero-order valence-electron chi connectivity index (χ0n) is 10.5. The molecule has 1 aromatic carbocycles. The van der Waals surface area contributed by atoms with Gasteiger partial charge < -0.3 is 0 Å². The summed E-state index contributed by atoms with van der Waals surface area (Å²) >= 11 is 5.17. The Morgan fingerprint density at radius 3 is 3.00 bits per heavy atom. The van der Waals surface area contributed by atoms with Crippen molar-refractivity contribution in [3.05, 3.63) is 39.1 Å². The smallest absolute Gasteiger partial charge is 0.262 e. The zero-order valence-corrected chi connectivity index (χ0v) is 11.3. The topological polar surface area (TPSA) is 55.1 Å². The van der Waals surface area contributed by atoms with Crippen molar-refractivity contribution in [2.45, 2.75) is 19.4 Å². The van der Waals surface area contributed by atoms with E-state index in [0.717, 1.165) is 12.8 Å². The van der Waals surface area contributed by atoms with Crippen molar-refractivity contribution in [2.75, 3.05) is 0 Å². The summed E-state index contributed by atoms with van der Waals surface area (Å²) in [6.07, 6.45) is 2.23. The molecule has 7 heteroatoms. The molecule has 1 fully saturated rings. The maximum Gasteiger partial charge on any atom is 0.262 e. The van der Waals surface area contributed by atoms with Gasteiger partial charge in [0, 0.05) is 6.54 Å². The van der Waals surface area contributed by atoms with Crippen LogP contribution < -0.4 is 5.56 Å². The van der Waals surface area contributed by atoms with Crippen molar-refractivity contribution in [1.29, 1.82) is 0 Å². The summed E-state index contributed by atoms with van der Waals surface area (Å²) in [6.45, 7) is 0.606. The van der Waals surface area contributed by atoms with Crippen molar-refractivity contribution in [2.24, 2.45) is 5.92 Å². The lowest BCUT2D eigenvalue weighted by Gasteiger charge is -2.09. The van der Waals surface area contributed by atoms with E-state index < -0.39 is 5.82 Å². The number of rotatable bonds is 2. The van der Waals surface area contributed by atoms with Crippen LogP contribution in [0.25, 0.3) is 16.7 Å². The number of fused-ring (bicyclic) bond motifs is 3. The van der Waals surface area contributed by atoms with Crippen molar-refractivity contribution in [3.8, 4) is 0 Å². The molecule has 0 saturated heterocycles. The summed E-state index contributed by atoms with van der Waals surface area (Å²) in [6, 6.07) is 4.48. The van der Waals surface area contributed by atoms with Gasteiger partial charge in [-0.05, 0) is 43.1 Å². The third-order valence-corrected chi connectivity index (χ3v) is 3.99. The lowest BCUT2D eigenvalue weighted by atomic mass is 10.2. The minimum atomic E-state index is -0.472. The Morgan fingerprint density at radius 2 is 2.25 bits per heavy atom. The normalized spacial score (nSPS) is 15.2. The Bertz CT molecular complexity index is 951. The molecule has 0 bridgehead atoms. The van der Waals surface area contributed by atoms with Crippen molar-refractivity contribution in [3.63, 3.8) is 0 Å². The van der Waals surface area contributed by atoms with Gasteiger partial charge in [-0.3, -0.25) is 13.8 Å². The lowest BCUT2D eigenvalue weighted by molar-refractivity contribution is 0.608. The number of hydrogen-bond acceptors (Lipinski definition) is 3. The Hall–Kier alpha value is -2.02. The number of benzene rings is 1. The predicted molar refractivity (Wildman–Crippen MR) is 74.8 cm³/mol. The van der Waals surface area contributed by atoms with E-state index in [2.05, 4.69) is 10.2 Å². The van der Waals surface area contributed by atoms with Crippen molar-refractivity contribution >= 4 is 28.9 Å². The number of aromatic amines is 1. The number of nitrogens with one attached hydrogen (secondary N) is 1. The third-order valence-electron chi connectivity index (χ3n) is 3.72. The van der Waals surface area contributed by atoms with Crippen LogP contribution in [0.1, 0.15) is 12.8 Å². The summed E-state index contributed by atoms with van der Waals surface area (Å²) in [5.41, 5.74) is -0.0220. The van der Waals surface area contributed by atoms with Gasteiger partial charge in [0.1, 0.15) is 5.82 Å². The molecule has 0 unspecified atom stereocenters. The van der Waals surface area contributed by atoms with E-state index in [0.29, 0.717) is 28.4 Å². The molecule has 5 nitrogen and oxygen atoms in total. The van der Waals surface area contributed by atoms with Crippen LogP contribution in [0.5, 0.6) is 0 Å². The number of nitrogens with zero attached hydrogens (tertiary/aromatic N) is 3. The number of aromatic nitrogens is 4. The first-order valence-corrected chi connectivity index (χ1v) is 6.86. The SMILES string of the molecule is O=c1c2cccc(F)c2n2c(=S)[nH]nc2n1CC1CC1. The first-order valence-electron chi connectivity index (χ1n) is 6.45. The van der Waals surface area contributed by atoms with E-state index in [1.54, 1.807) is 10.6 Å². The van der Waals surface area contributed by atoms with Crippen LogP contribution in [0.4, 0.5) is 4.39 Å². The molecule has 0 spiro atoms. The van der Waals surface area contributed by atoms with E-state index >= 15 is 0 Å². The van der Waals surface area contributed by atoms with E-state index in [-0.39, 0.29) is 11.1 Å². The number of hydrogen-bond donors (Lipinski definition) is 1. The molecule has 20 heavy (non-hydrogen) atoms. The van der Waals surface area contributed by atoms with Gasteiger partial charge in [-0.15, -0.1) is 5.10 Å². The predicted octanol–water partition coefficient (Wildman–Crippen LogP) is 2.26. The molecule has 0 aliphatic heterocycles. The average Bonchev–Trinajstić information content (AvgIpc) is 3.17. The van der Waals surface area contributed by atoms with Crippen LogP contribution in [-0.2, 0) is 6.54 Å². The van der Waals surface area contributed by atoms with Gasteiger partial charge in [-0.1, -0.05) is 6.07 Å². The molecule has 1 aliphatic rings. The first kappa shape index (κ1) is 11.8. The molecular formula is C13H11FN4OS. The first-order chi connectivity index (χ1) is 9.66. The summed E-state index contributed by atoms with van der Waals surface area (Å²) < 4.78 is 17.5.